The van der Waals surface area contributed by atoms with Gasteiger partial charge < -0.3 is 14.4 Å². The van der Waals surface area contributed by atoms with Crippen molar-refractivity contribution < 1.29 is 27.5 Å². The van der Waals surface area contributed by atoms with Crippen molar-refractivity contribution >= 4 is 21.9 Å². The molecular weight excluding hydrogens is 360 g/mol. The highest BCUT2D eigenvalue weighted by atomic mass is 32.2. The Morgan fingerprint density at radius 2 is 1.96 bits per heavy atom. The highest BCUT2D eigenvalue weighted by molar-refractivity contribution is 7.88. The van der Waals surface area contributed by atoms with Gasteiger partial charge in [-0.15, -0.1) is 0 Å². The van der Waals surface area contributed by atoms with E-state index in [0.717, 1.165) is 22.2 Å². The molecule has 0 saturated carbocycles. The first kappa shape index (κ1) is 18.2. The minimum absolute atomic E-state index is 0.00608. The summed E-state index contributed by atoms with van der Waals surface area (Å²) in [7, 11) is -1.07. The lowest BCUT2D eigenvalue weighted by atomic mass is 9.89. The number of furan rings is 1. The van der Waals surface area contributed by atoms with E-state index < -0.39 is 27.8 Å². The highest BCUT2D eigenvalue weighted by Crippen LogP contribution is 2.30. The minimum Gasteiger partial charge on any atom is -0.481 e. The number of fused-ring (bicyclic) bond motifs is 1. The second-order valence-corrected chi connectivity index (χ2v) is 8.30. The van der Waals surface area contributed by atoms with Crippen LogP contribution in [-0.4, -0.2) is 55.2 Å². The monoisotopic (exact) mass is 378 g/mol. The topological polar surface area (TPSA) is 108 Å². The van der Waals surface area contributed by atoms with Crippen molar-refractivity contribution in [3.8, 4) is 0 Å². The van der Waals surface area contributed by atoms with Crippen LogP contribution in [0.25, 0.3) is 0 Å². The fourth-order valence-electron chi connectivity index (χ4n) is 2.90. The lowest BCUT2D eigenvalue weighted by Crippen LogP contribution is -2.40. The van der Waals surface area contributed by atoms with Gasteiger partial charge in [0.05, 0.1) is 11.5 Å². The van der Waals surface area contributed by atoms with Gasteiger partial charge in [-0.05, 0) is 11.1 Å². The number of hydrogen-bond acceptors (Lipinski definition) is 5. The second kappa shape index (κ2) is 6.58. The summed E-state index contributed by atoms with van der Waals surface area (Å²) in [4.78, 5) is 25.7. The standard InChI is InChI=1S/C17H18N2O6S/c1-18(2)26(23,24)15-7-12(10-25-15)16(20)19-8-11-5-3-4-6-13(11)14(9-19)17(21)22/h3-7,10,14H,8-9H2,1-2H3,(H,21,22). The molecule has 0 radical (unpaired) electrons. The Kier molecular flexibility index (Phi) is 4.59. The third-order valence-corrected chi connectivity index (χ3v) is 6.02. The number of carboxylic acid groups (broad SMARTS) is 1. The van der Waals surface area contributed by atoms with Crippen LogP contribution < -0.4 is 0 Å². The molecule has 26 heavy (non-hydrogen) atoms. The summed E-state index contributed by atoms with van der Waals surface area (Å²) in [5, 5.41) is 9.15. The third kappa shape index (κ3) is 3.11. The first-order chi connectivity index (χ1) is 12.2. The SMILES string of the molecule is CN(C)S(=O)(=O)c1cc(C(=O)N2Cc3ccccc3C(C(=O)O)C2)co1. The third-order valence-electron chi connectivity index (χ3n) is 4.34. The van der Waals surface area contributed by atoms with Gasteiger partial charge in [0.2, 0.25) is 5.09 Å². The van der Waals surface area contributed by atoms with E-state index in [0.29, 0.717) is 5.56 Å². The van der Waals surface area contributed by atoms with Gasteiger partial charge in [-0.3, -0.25) is 9.59 Å². The molecule has 1 N–H and O–H groups in total. The summed E-state index contributed by atoms with van der Waals surface area (Å²) in [6, 6.07) is 8.23. The molecule has 1 amide bonds. The summed E-state index contributed by atoms with van der Waals surface area (Å²) in [5.74, 6) is -2.33. The molecule has 1 aromatic heterocycles. The maximum Gasteiger partial charge on any atom is 0.312 e. The molecule has 0 fully saturated rings. The van der Waals surface area contributed by atoms with Crippen LogP contribution in [0.2, 0.25) is 0 Å². The summed E-state index contributed by atoms with van der Waals surface area (Å²) in [6.45, 7) is 0.256. The molecule has 1 aliphatic rings. The Balaban J connectivity index is 1.90. The zero-order valence-corrected chi connectivity index (χ0v) is 15.1. The second-order valence-electron chi connectivity index (χ2n) is 6.22. The van der Waals surface area contributed by atoms with E-state index in [-0.39, 0.29) is 23.7 Å². The zero-order chi connectivity index (χ0) is 19.1. The largest absolute Gasteiger partial charge is 0.481 e. The van der Waals surface area contributed by atoms with Crippen molar-refractivity contribution in [2.24, 2.45) is 0 Å². The average molecular weight is 378 g/mol. The average Bonchev–Trinajstić information content (AvgIpc) is 3.10. The van der Waals surface area contributed by atoms with Crippen LogP contribution in [0.15, 0.2) is 46.1 Å². The fraction of sp³-hybridized carbons (Fsp3) is 0.294. The van der Waals surface area contributed by atoms with E-state index in [4.69, 9.17) is 4.42 Å². The number of hydrogen-bond donors (Lipinski definition) is 1. The molecule has 3 rings (SSSR count). The number of nitrogens with zero attached hydrogens (tertiary/aromatic N) is 2. The molecule has 0 aliphatic carbocycles. The van der Waals surface area contributed by atoms with Gasteiger partial charge in [0.15, 0.2) is 0 Å². The summed E-state index contributed by atoms with van der Waals surface area (Å²) >= 11 is 0. The Morgan fingerprint density at radius 3 is 2.62 bits per heavy atom. The number of sulfonamides is 1. The van der Waals surface area contributed by atoms with Gasteiger partial charge in [0, 0.05) is 33.3 Å². The van der Waals surface area contributed by atoms with Gasteiger partial charge in [0.25, 0.3) is 15.9 Å². The molecule has 9 heteroatoms. The molecule has 0 bridgehead atoms. The molecule has 2 heterocycles. The van der Waals surface area contributed by atoms with Crippen molar-refractivity contribution in [2.45, 2.75) is 17.6 Å². The Hall–Kier alpha value is -2.65. The molecule has 0 saturated heterocycles. The van der Waals surface area contributed by atoms with E-state index in [1.807, 2.05) is 0 Å². The smallest absolute Gasteiger partial charge is 0.312 e. The number of aliphatic carboxylic acids is 1. The van der Waals surface area contributed by atoms with Gasteiger partial charge in [-0.2, -0.15) is 0 Å². The number of benzene rings is 1. The fourth-order valence-corrected chi connectivity index (χ4v) is 3.70. The zero-order valence-electron chi connectivity index (χ0n) is 14.2. The van der Waals surface area contributed by atoms with Crippen LogP contribution in [0.5, 0.6) is 0 Å². The number of carbonyl (C=O) groups excluding carboxylic acids is 1. The first-order valence-corrected chi connectivity index (χ1v) is 9.26. The molecule has 1 aromatic carbocycles. The van der Waals surface area contributed by atoms with Crippen molar-refractivity contribution in [3.05, 3.63) is 53.3 Å². The van der Waals surface area contributed by atoms with Crippen LogP contribution in [0.1, 0.15) is 27.4 Å². The molecule has 2 aromatic rings. The summed E-state index contributed by atoms with van der Waals surface area (Å²) in [5.41, 5.74) is 1.50. The molecule has 1 aliphatic heterocycles. The number of carbonyl (C=O) groups is 2. The predicted molar refractivity (Wildman–Crippen MR) is 91.1 cm³/mol. The van der Waals surface area contributed by atoms with Crippen LogP contribution >= 0.6 is 0 Å². The Morgan fingerprint density at radius 1 is 1.27 bits per heavy atom. The van der Waals surface area contributed by atoms with E-state index in [1.54, 1.807) is 24.3 Å². The van der Waals surface area contributed by atoms with Crippen molar-refractivity contribution in [2.75, 3.05) is 20.6 Å². The first-order valence-electron chi connectivity index (χ1n) is 7.82. The van der Waals surface area contributed by atoms with Gasteiger partial charge in [-0.25, -0.2) is 12.7 Å². The molecule has 1 unspecified atom stereocenters. The van der Waals surface area contributed by atoms with Crippen molar-refractivity contribution in [3.63, 3.8) is 0 Å². The van der Waals surface area contributed by atoms with Crippen molar-refractivity contribution in [1.82, 2.24) is 9.21 Å². The Bertz CT molecular complexity index is 963. The van der Waals surface area contributed by atoms with Crippen LogP contribution in [0, 0.1) is 0 Å². The minimum atomic E-state index is -3.79. The maximum absolute atomic E-state index is 12.8. The molecule has 1 atom stereocenters. The molecule has 8 nitrogen and oxygen atoms in total. The van der Waals surface area contributed by atoms with Crippen molar-refractivity contribution in [1.29, 1.82) is 0 Å². The summed E-state index contributed by atoms with van der Waals surface area (Å²) in [6.07, 6.45) is 1.08. The van der Waals surface area contributed by atoms with Gasteiger partial charge in [-0.1, -0.05) is 24.3 Å². The maximum atomic E-state index is 12.8. The summed E-state index contributed by atoms with van der Waals surface area (Å²) < 4.78 is 30.2. The van der Waals surface area contributed by atoms with Crippen LogP contribution in [0.3, 0.4) is 0 Å². The van der Waals surface area contributed by atoms with E-state index >= 15 is 0 Å². The van der Waals surface area contributed by atoms with E-state index in [1.165, 1.54) is 19.0 Å². The highest BCUT2D eigenvalue weighted by Gasteiger charge is 2.34. The van der Waals surface area contributed by atoms with Crippen LogP contribution in [0.4, 0.5) is 0 Å². The lowest BCUT2D eigenvalue weighted by Gasteiger charge is -2.32. The molecular formula is C17H18N2O6S. The van der Waals surface area contributed by atoms with Gasteiger partial charge in [0.1, 0.15) is 6.26 Å². The lowest BCUT2D eigenvalue weighted by molar-refractivity contribution is -0.139. The number of rotatable bonds is 4. The molecule has 0 spiro atoms. The van der Waals surface area contributed by atoms with E-state index in [9.17, 15) is 23.1 Å². The number of amides is 1. The quantitative estimate of drug-likeness (QED) is 0.860. The molecule has 138 valence electrons. The van der Waals surface area contributed by atoms with Crippen LogP contribution in [-0.2, 0) is 21.4 Å². The Labute approximate surface area is 150 Å². The predicted octanol–water partition coefficient (Wildman–Crippen LogP) is 1.35. The van der Waals surface area contributed by atoms with E-state index in [2.05, 4.69) is 0 Å². The number of carboxylic acids is 1. The van der Waals surface area contributed by atoms with Gasteiger partial charge >= 0.3 is 5.97 Å². The normalized spacial score (nSPS) is 17.2.